The van der Waals surface area contributed by atoms with E-state index in [1.165, 1.54) is 0 Å². The summed E-state index contributed by atoms with van der Waals surface area (Å²) in [6, 6.07) is 13.1. The Morgan fingerprint density at radius 1 is 1.05 bits per heavy atom. The molecule has 106 valence electrons. The van der Waals surface area contributed by atoms with Gasteiger partial charge in [-0.05, 0) is 42.3 Å². The summed E-state index contributed by atoms with van der Waals surface area (Å²) in [6.07, 6.45) is 0. The van der Waals surface area contributed by atoms with Gasteiger partial charge in [0.05, 0.1) is 22.7 Å². The van der Waals surface area contributed by atoms with E-state index in [4.69, 9.17) is 33.8 Å². The van der Waals surface area contributed by atoms with Gasteiger partial charge in [-0.15, -0.1) is 0 Å². The fourth-order valence-corrected chi connectivity index (χ4v) is 2.31. The van der Waals surface area contributed by atoms with Crippen LogP contribution in [0.1, 0.15) is 24.1 Å². The average molecular weight is 311 g/mol. The van der Waals surface area contributed by atoms with Gasteiger partial charge in [0.2, 0.25) is 0 Å². The summed E-state index contributed by atoms with van der Waals surface area (Å²) in [5.41, 5.74) is 4.76. The topological polar surface area (TPSA) is 47.3 Å². The second-order valence-corrected chi connectivity index (χ2v) is 5.09. The quantitative estimate of drug-likeness (QED) is 0.649. The smallest absolute Gasteiger partial charge is 0.119 e. The fraction of sp³-hybridized carbons (Fsp3) is 0.200. The molecule has 0 aromatic heterocycles. The number of rotatable bonds is 5. The minimum absolute atomic E-state index is 0.152. The van der Waals surface area contributed by atoms with E-state index in [0.717, 1.165) is 16.9 Å². The van der Waals surface area contributed by atoms with E-state index in [9.17, 15) is 0 Å². The molecule has 0 aliphatic heterocycles. The van der Waals surface area contributed by atoms with Crippen molar-refractivity contribution in [2.24, 2.45) is 5.84 Å². The molecular weight excluding hydrogens is 295 g/mol. The van der Waals surface area contributed by atoms with Crippen LogP contribution in [0.5, 0.6) is 5.75 Å². The van der Waals surface area contributed by atoms with Crippen LogP contribution >= 0.6 is 23.2 Å². The fourth-order valence-electron chi connectivity index (χ4n) is 2.00. The summed E-state index contributed by atoms with van der Waals surface area (Å²) in [4.78, 5) is 0. The van der Waals surface area contributed by atoms with Crippen LogP contribution in [0.3, 0.4) is 0 Å². The third-order valence-corrected chi connectivity index (χ3v) is 3.71. The molecule has 20 heavy (non-hydrogen) atoms. The third kappa shape index (κ3) is 3.44. The number of benzene rings is 2. The van der Waals surface area contributed by atoms with Crippen molar-refractivity contribution in [1.29, 1.82) is 0 Å². The van der Waals surface area contributed by atoms with Crippen molar-refractivity contribution in [3.63, 3.8) is 0 Å². The highest BCUT2D eigenvalue weighted by Crippen LogP contribution is 2.29. The SMILES string of the molecule is CCOc1ccc(C(NN)c2ccc(Cl)c(Cl)c2)cc1. The molecule has 2 aromatic rings. The lowest BCUT2D eigenvalue weighted by Crippen LogP contribution is -2.28. The van der Waals surface area contributed by atoms with Gasteiger partial charge in [0.15, 0.2) is 0 Å². The molecule has 5 heteroatoms. The zero-order valence-electron chi connectivity index (χ0n) is 11.1. The van der Waals surface area contributed by atoms with Crippen molar-refractivity contribution in [3.8, 4) is 5.75 Å². The molecule has 2 aromatic carbocycles. The predicted molar refractivity (Wildman–Crippen MR) is 83.2 cm³/mol. The molecule has 0 radical (unpaired) electrons. The largest absolute Gasteiger partial charge is 0.494 e. The molecule has 3 N–H and O–H groups in total. The highest BCUT2D eigenvalue weighted by atomic mass is 35.5. The minimum Gasteiger partial charge on any atom is -0.494 e. The Labute approximate surface area is 128 Å². The molecule has 0 saturated carbocycles. The molecule has 0 bridgehead atoms. The van der Waals surface area contributed by atoms with E-state index in [2.05, 4.69) is 5.43 Å². The van der Waals surface area contributed by atoms with Gasteiger partial charge in [0, 0.05) is 0 Å². The van der Waals surface area contributed by atoms with Gasteiger partial charge >= 0.3 is 0 Å². The highest BCUT2D eigenvalue weighted by molar-refractivity contribution is 6.42. The van der Waals surface area contributed by atoms with Crippen molar-refractivity contribution < 1.29 is 4.74 Å². The van der Waals surface area contributed by atoms with Crippen molar-refractivity contribution in [2.45, 2.75) is 13.0 Å². The number of ether oxygens (including phenoxy) is 1. The lowest BCUT2D eigenvalue weighted by molar-refractivity contribution is 0.340. The first kappa shape index (κ1) is 15.1. The Morgan fingerprint density at radius 3 is 2.25 bits per heavy atom. The number of hydrazine groups is 1. The molecule has 0 amide bonds. The molecular formula is C15H16Cl2N2O. The third-order valence-electron chi connectivity index (χ3n) is 2.97. The Balaban J connectivity index is 2.29. The second kappa shape index (κ2) is 6.95. The number of halogens is 2. The first-order valence-electron chi connectivity index (χ1n) is 6.29. The first-order valence-corrected chi connectivity index (χ1v) is 7.05. The summed E-state index contributed by atoms with van der Waals surface area (Å²) in [5, 5.41) is 1.04. The van der Waals surface area contributed by atoms with Gasteiger partial charge < -0.3 is 4.74 Å². The van der Waals surface area contributed by atoms with Crippen LogP contribution in [0.15, 0.2) is 42.5 Å². The van der Waals surface area contributed by atoms with Crippen LogP contribution in [-0.4, -0.2) is 6.61 Å². The van der Waals surface area contributed by atoms with E-state index >= 15 is 0 Å². The Bertz CT molecular complexity index is 573. The van der Waals surface area contributed by atoms with E-state index < -0.39 is 0 Å². The number of hydrogen-bond donors (Lipinski definition) is 2. The summed E-state index contributed by atoms with van der Waals surface area (Å²) in [7, 11) is 0. The summed E-state index contributed by atoms with van der Waals surface area (Å²) < 4.78 is 5.42. The minimum atomic E-state index is -0.152. The van der Waals surface area contributed by atoms with E-state index in [1.807, 2.05) is 43.3 Å². The molecule has 0 heterocycles. The van der Waals surface area contributed by atoms with Gasteiger partial charge in [-0.2, -0.15) is 0 Å². The van der Waals surface area contributed by atoms with Crippen LogP contribution in [0.25, 0.3) is 0 Å². The van der Waals surface area contributed by atoms with E-state index in [-0.39, 0.29) is 6.04 Å². The molecule has 1 atom stereocenters. The maximum absolute atomic E-state index is 6.05. The average Bonchev–Trinajstić information content (AvgIpc) is 2.46. The predicted octanol–water partition coefficient (Wildman–Crippen LogP) is 3.94. The zero-order chi connectivity index (χ0) is 14.5. The maximum Gasteiger partial charge on any atom is 0.119 e. The molecule has 0 spiro atoms. The molecule has 0 aliphatic carbocycles. The van der Waals surface area contributed by atoms with Crippen LogP contribution < -0.4 is 16.0 Å². The monoisotopic (exact) mass is 310 g/mol. The number of nitrogens with one attached hydrogen (secondary N) is 1. The highest BCUT2D eigenvalue weighted by Gasteiger charge is 2.13. The second-order valence-electron chi connectivity index (χ2n) is 4.28. The molecule has 0 saturated heterocycles. The van der Waals surface area contributed by atoms with Gasteiger partial charge in [-0.25, -0.2) is 5.43 Å². The van der Waals surface area contributed by atoms with Crippen molar-refractivity contribution in [2.75, 3.05) is 6.61 Å². The van der Waals surface area contributed by atoms with Crippen LogP contribution in [0.4, 0.5) is 0 Å². The van der Waals surface area contributed by atoms with Gasteiger partial charge in [-0.3, -0.25) is 5.84 Å². The van der Waals surface area contributed by atoms with Crippen molar-refractivity contribution in [3.05, 3.63) is 63.6 Å². The number of hydrogen-bond acceptors (Lipinski definition) is 3. The van der Waals surface area contributed by atoms with Crippen LogP contribution in [0, 0.1) is 0 Å². The molecule has 1 unspecified atom stereocenters. The van der Waals surface area contributed by atoms with E-state index in [1.54, 1.807) is 6.07 Å². The number of nitrogens with two attached hydrogens (primary N) is 1. The van der Waals surface area contributed by atoms with Crippen LogP contribution in [0.2, 0.25) is 10.0 Å². The standard InChI is InChI=1S/C15H16Cl2N2O/c1-2-20-12-6-3-10(4-7-12)15(19-18)11-5-8-13(16)14(17)9-11/h3-9,15,19H,2,18H2,1H3. The lowest BCUT2D eigenvalue weighted by Gasteiger charge is -2.18. The van der Waals surface area contributed by atoms with Crippen LogP contribution in [-0.2, 0) is 0 Å². The molecule has 3 nitrogen and oxygen atoms in total. The molecule has 0 fully saturated rings. The Hall–Kier alpha value is -1.26. The summed E-state index contributed by atoms with van der Waals surface area (Å²) >= 11 is 12.0. The molecule has 0 aliphatic rings. The Morgan fingerprint density at radius 2 is 1.70 bits per heavy atom. The first-order chi connectivity index (χ1) is 9.65. The zero-order valence-corrected chi connectivity index (χ0v) is 12.6. The maximum atomic E-state index is 6.05. The normalized spacial score (nSPS) is 12.2. The van der Waals surface area contributed by atoms with E-state index in [0.29, 0.717) is 16.7 Å². The van der Waals surface area contributed by atoms with Gasteiger partial charge in [0.1, 0.15) is 5.75 Å². The van der Waals surface area contributed by atoms with Gasteiger partial charge in [-0.1, -0.05) is 41.4 Å². The summed E-state index contributed by atoms with van der Waals surface area (Å²) in [6.45, 7) is 2.60. The lowest BCUT2D eigenvalue weighted by atomic mass is 9.99. The van der Waals surface area contributed by atoms with Gasteiger partial charge in [0.25, 0.3) is 0 Å². The summed E-state index contributed by atoms with van der Waals surface area (Å²) in [5.74, 6) is 6.50. The molecule has 2 rings (SSSR count). The van der Waals surface area contributed by atoms with Crippen molar-refractivity contribution >= 4 is 23.2 Å². The van der Waals surface area contributed by atoms with Crippen molar-refractivity contribution in [1.82, 2.24) is 5.43 Å². The Kier molecular flexibility index (Phi) is 5.26.